The fourth-order valence-corrected chi connectivity index (χ4v) is 1.69. The monoisotopic (exact) mass is 213 g/mol. The lowest BCUT2D eigenvalue weighted by Crippen LogP contribution is -1.82. The number of hydrogen-bond acceptors (Lipinski definition) is 2. The number of hydrogen-bond donors (Lipinski definition) is 1. The molecule has 0 spiro atoms. The smallest absolute Gasteiger partial charge is 0.125 e. The Balaban J connectivity index is 2.26. The SMILES string of the molecule is Fc1ccc2c(-c3ccccn3)n[nH]c2c1. The van der Waals surface area contributed by atoms with Crippen LogP contribution in [0.15, 0.2) is 42.6 Å². The highest BCUT2D eigenvalue weighted by Crippen LogP contribution is 2.24. The van der Waals surface area contributed by atoms with Gasteiger partial charge in [0.05, 0.1) is 11.2 Å². The molecule has 0 aliphatic rings. The molecule has 0 amide bonds. The van der Waals surface area contributed by atoms with E-state index < -0.39 is 0 Å². The molecule has 16 heavy (non-hydrogen) atoms. The van der Waals surface area contributed by atoms with Gasteiger partial charge in [-0.1, -0.05) is 6.07 Å². The molecule has 0 unspecified atom stereocenters. The van der Waals surface area contributed by atoms with Gasteiger partial charge in [0.1, 0.15) is 11.5 Å². The molecule has 2 heterocycles. The number of aromatic nitrogens is 3. The molecule has 4 heteroatoms. The molecule has 2 aromatic heterocycles. The van der Waals surface area contributed by atoms with Gasteiger partial charge in [-0.3, -0.25) is 10.1 Å². The minimum Gasteiger partial charge on any atom is -0.277 e. The Morgan fingerprint density at radius 1 is 1.12 bits per heavy atom. The van der Waals surface area contributed by atoms with E-state index in [9.17, 15) is 4.39 Å². The van der Waals surface area contributed by atoms with Gasteiger partial charge in [-0.2, -0.15) is 5.10 Å². The van der Waals surface area contributed by atoms with E-state index in [4.69, 9.17) is 0 Å². The van der Waals surface area contributed by atoms with Gasteiger partial charge in [-0.05, 0) is 30.3 Å². The first-order chi connectivity index (χ1) is 7.84. The summed E-state index contributed by atoms with van der Waals surface area (Å²) in [5, 5.41) is 7.83. The molecule has 0 saturated carbocycles. The molecule has 3 nitrogen and oxygen atoms in total. The van der Waals surface area contributed by atoms with Crippen molar-refractivity contribution in [3.63, 3.8) is 0 Å². The second-order valence-corrected chi connectivity index (χ2v) is 3.48. The van der Waals surface area contributed by atoms with Gasteiger partial charge in [-0.25, -0.2) is 4.39 Å². The van der Waals surface area contributed by atoms with Crippen molar-refractivity contribution in [1.29, 1.82) is 0 Å². The standard InChI is InChI=1S/C12H8FN3/c13-8-4-5-9-11(7-8)15-16-12(9)10-3-1-2-6-14-10/h1-7H,(H,15,16). The Kier molecular flexibility index (Phi) is 1.93. The predicted octanol–water partition coefficient (Wildman–Crippen LogP) is 2.76. The highest BCUT2D eigenvalue weighted by Gasteiger charge is 2.08. The molecule has 1 aromatic carbocycles. The number of H-pyrrole nitrogens is 1. The van der Waals surface area contributed by atoms with Crippen LogP contribution in [0, 0.1) is 5.82 Å². The summed E-state index contributed by atoms with van der Waals surface area (Å²) in [6.45, 7) is 0. The van der Waals surface area contributed by atoms with Gasteiger partial charge >= 0.3 is 0 Å². The fourth-order valence-electron chi connectivity index (χ4n) is 1.69. The summed E-state index contributed by atoms with van der Waals surface area (Å²) in [4.78, 5) is 4.22. The molecule has 0 aliphatic carbocycles. The Morgan fingerprint density at radius 3 is 2.88 bits per heavy atom. The number of pyridine rings is 1. The molecular formula is C12H8FN3. The molecule has 0 radical (unpaired) electrons. The number of halogens is 1. The lowest BCUT2D eigenvalue weighted by Gasteiger charge is -1.95. The third-order valence-electron chi connectivity index (χ3n) is 2.43. The summed E-state index contributed by atoms with van der Waals surface area (Å²) < 4.78 is 13.0. The molecule has 0 saturated heterocycles. The molecule has 0 fully saturated rings. The molecule has 3 aromatic rings. The zero-order chi connectivity index (χ0) is 11.0. The van der Waals surface area contributed by atoms with Crippen LogP contribution in [0.4, 0.5) is 4.39 Å². The summed E-state index contributed by atoms with van der Waals surface area (Å²) in [5.74, 6) is -0.274. The maximum atomic E-state index is 13.0. The summed E-state index contributed by atoms with van der Waals surface area (Å²) >= 11 is 0. The third-order valence-corrected chi connectivity index (χ3v) is 2.43. The molecular weight excluding hydrogens is 205 g/mol. The third kappa shape index (κ3) is 1.35. The molecule has 0 aliphatic heterocycles. The van der Waals surface area contributed by atoms with E-state index in [2.05, 4.69) is 15.2 Å². The maximum absolute atomic E-state index is 13.0. The van der Waals surface area contributed by atoms with Crippen molar-refractivity contribution in [2.75, 3.05) is 0 Å². The second kappa shape index (κ2) is 3.41. The van der Waals surface area contributed by atoms with Crippen LogP contribution in [-0.2, 0) is 0 Å². The summed E-state index contributed by atoms with van der Waals surface area (Å²) in [5.41, 5.74) is 2.21. The van der Waals surface area contributed by atoms with E-state index >= 15 is 0 Å². The van der Waals surface area contributed by atoms with Gasteiger partial charge in [0.2, 0.25) is 0 Å². The number of benzene rings is 1. The molecule has 1 N–H and O–H groups in total. The van der Waals surface area contributed by atoms with Crippen LogP contribution in [0.5, 0.6) is 0 Å². The van der Waals surface area contributed by atoms with Crippen LogP contribution in [-0.4, -0.2) is 15.2 Å². The summed E-state index contributed by atoms with van der Waals surface area (Å²) in [6.07, 6.45) is 1.71. The van der Waals surface area contributed by atoms with E-state index in [1.54, 1.807) is 12.3 Å². The normalized spacial score (nSPS) is 10.8. The lowest BCUT2D eigenvalue weighted by molar-refractivity contribution is 0.629. The van der Waals surface area contributed by atoms with Crippen molar-refractivity contribution in [1.82, 2.24) is 15.2 Å². The van der Waals surface area contributed by atoms with Crippen LogP contribution in [0.1, 0.15) is 0 Å². The average molecular weight is 213 g/mol. The number of nitrogens with one attached hydrogen (secondary N) is 1. The zero-order valence-corrected chi connectivity index (χ0v) is 8.31. The van der Waals surface area contributed by atoms with E-state index in [0.29, 0.717) is 5.52 Å². The van der Waals surface area contributed by atoms with E-state index in [1.165, 1.54) is 12.1 Å². The average Bonchev–Trinajstić information content (AvgIpc) is 2.73. The zero-order valence-electron chi connectivity index (χ0n) is 8.31. The second-order valence-electron chi connectivity index (χ2n) is 3.48. The Hall–Kier alpha value is -2.23. The lowest BCUT2D eigenvalue weighted by atomic mass is 10.1. The van der Waals surface area contributed by atoms with E-state index in [0.717, 1.165) is 16.8 Å². The highest BCUT2D eigenvalue weighted by molar-refractivity contribution is 5.91. The quantitative estimate of drug-likeness (QED) is 0.675. The van der Waals surface area contributed by atoms with Crippen LogP contribution in [0.2, 0.25) is 0 Å². The Labute approximate surface area is 91.0 Å². The molecule has 0 bridgehead atoms. The van der Waals surface area contributed by atoms with Crippen LogP contribution in [0.25, 0.3) is 22.3 Å². The molecule has 0 atom stereocenters. The van der Waals surface area contributed by atoms with Crippen molar-refractivity contribution >= 4 is 10.9 Å². The van der Waals surface area contributed by atoms with Gasteiger partial charge in [0, 0.05) is 11.6 Å². The van der Waals surface area contributed by atoms with Gasteiger partial charge < -0.3 is 0 Å². The van der Waals surface area contributed by atoms with Gasteiger partial charge in [0.25, 0.3) is 0 Å². The maximum Gasteiger partial charge on any atom is 0.125 e. The minimum absolute atomic E-state index is 0.274. The minimum atomic E-state index is -0.274. The fraction of sp³-hybridized carbons (Fsp3) is 0. The number of rotatable bonds is 1. The van der Waals surface area contributed by atoms with Gasteiger partial charge in [-0.15, -0.1) is 0 Å². The van der Waals surface area contributed by atoms with E-state index in [1.807, 2.05) is 18.2 Å². The first-order valence-electron chi connectivity index (χ1n) is 4.89. The number of nitrogens with zero attached hydrogens (tertiary/aromatic N) is 2. The first kappa shape index (κ1) is 9.03. The Bertz CT molecular complexity index is 631. The van der Waals surface area contributed by atoms with Crippen LogP contribution < -0.4 is 0 Å². The predicted molar refractivity (Wildman–Crippen MR) is 59.3 cm³/mol. The summed E-state index contributed by atoms with van der Waals surface area (Å²) in [6, 6.07) is 10.2. The Morgan fingerprint density at radius 2 is 2.06 bits per heavy atom. The molecule has 78 valence electrons. The first-order valence-corrected chi connectivity index (χ1v) is 4.89. The largest absolute Gasteiger partial charge is 0.277 e. The van der Waals surface area contributed by atoms with Crippen molar-refractivity contribution in [2.24, 2.45) is 0 Å². The van der Waals surface area contributed by atoms with Crippen LogP contribution in [0.3, 0.4) is 0 Å². The van der Waals surface area contributed by atoms with Crippen molar-refractivity contribution in [2.45, 2.75) is 0 Å². The van der Waals surface area contributed by atoms with Crippen molar-refractivity contribution < 1.29 is 4.39 Å². The van der Waals surface area contributed by atoms with Crippen molar-refractivity contribution in [3.8, 4) is 11.4 Å². The topological polar surface area (TPSA) is 41.6 Å². The molecule has 3 rings (SSSR count). The highest BCUT2D eigenvalue weighted by atomic mass is 19.1. The van der Waals surface area contributed by atoms with Gasteiger partial charge in [0.15, 0.2) is 0 Å². The van der Waals surface area contributed by atoms with Crippen LogP contribution >= 0.6 is 0 Å². The summed E-state index contributed by atoms with van der Waals surface area (Å²) in [7, 11) is 0. The van der Waals surface area contributed by atoms with E-state index in [-0.39, 0.29) is 5.82 Å². The number of aromatic amines is 1. The van der Waals surface area contributed by atoms with Crippen molar-refractivity contribution in [3.05, 3.63) is 48.4 Å². The number of fused-ring (bicyclic) bond motifs is 1.